The van der Waals surface area contributed by atoms with E-state index in [9.17, 15) is 9.59 Å². The molecule has 0 spiro atoms. The van der Waals surface area contributed by atoms with Gasteiger partial charge in [0.15, 0.2) is 0 Å². The first kappa shape index (κ1) is 16.3. The number of carbonyl (C=O) groups is 2. The van der Waals surface area contributed by atoms with E-state index >= 15 is 0 Å². The average molecular weight is 295 g/mol. The van der Waals surface area contributed by atoms with Crippen LogP contribution in [-0.4, -0.2) is 36.0 Å². The van der Waals surface area contributed by atoms with Crippen LogP contribution in [0.5, 0.6) is 0 Å². The summed E-state index contributed by atoms with van der Waals surface area (Å²) in [6, 6.07) is 0. The van der Waals surface area contributed by atoms with Gasteiger partial charge in [0.1, 0.15) is 11.9 Å². The van der Waals surface area contributed by atoms with Crippen molar-refractivity contribution in [2.24, 2.45) is 29.6 Å². The normalized spacial score (nSPS) is 30.4. The number of nitrogens with zero attached hydrogens (tertiary/aromatic N) is 1. The third-order valence-electron chi connectivity index (χ3n) is 4.86. The molecule has 21 heavy (non-hydrogen) atoms. The lowest BCUT2D eigenvalue weighted by atomic mass is 9.89. The van der Waals surface area contributed by atoms with Gasteiger partial charge in [-0.15, -0.1) is 0 Å². The average Bonchev–Trinajstić information content (AvgIpc) is 3.11. The third kappa shape index (κ3) is 3.78. The maximum atomic E-state index is 12.0. The summed E-state index contributed by atoms with van der Waals surface area (Å²) < 4.78 is 5.42. The van der Waals surface area contributed by atoms with Crippen molar-refractivity contribution >= 4 is 12.4 Å². The molecule has 2 fully saturated rings. The van der Waals surface area contributed by atoms with Gasteiger partial charge in [-0.05, 0) is 57.3 Å². The Morgan fingerprint density at radius 1 is 1.24 bits per heavy atom. The van der Waals surface area contributed by atoms with Crippen LogP contribution in [0.2, 0.25) is 0 Å². The van der Waals surface area contributed by atoms with Crippen LogP contribution < -0.4 is 0 Å². The molecule has 0 aromatic heterocycles. The van der Waals surface area contributed by atoms with E-state index in [1.807, 2.05) is 25.7 Å². The summed E-state index contributed by atoms with van der Waals surface area (Å²) in [4.78, 5) is 25.0. The third-order valence-corrected chi connectivity index (χ3v) is 4.86. The molecule has 120 valence electrons. The minimum absolute atomic E-state index is 0.205. The number of carbonyl (C=O) groups excluding carboxylic acids is 2. The van der Waals surface area contributed by atoms with E-state index in [4.69, 9.17) is 4.74 Å². The van der Waals surface area contributed by atoms with E-state index in [-0.39, 0.29) is 12.0 Å². The van der Waals surface area contributed by atoms with Crippen LogP contribution >= 0.6 is 0 Å². The van der Waals surface area contributed by atoms with Crippen molar-refractivity contribution in [3.8, 4) is 0 Å². The number of amides is 1. The van der Waals surface area contributed by atoms with Crippen LogP contribution in [0.4, 0.5) is 4.79 Å². The highest BCUT2D eigenvalue weighted by Gasteiger charge is 2.55. The van der Waals surface area contributed by atoms with Crippen molar-refractivity contribution in [2.45, 2.75) is 53.1 Å². The molecule has 0 aromatic carbocycles. The summed E-state index contributed by atoms with van der Waals surface area (Å²) in [6.45, 7) is 11.6. The lowest BCUT2D eigenvalue weighted by molar-refractivity contribution is -0.109. The molecule has 0 radical (unpaired) electrons. The molecule has 0 unspecified atom stereocenters. The van der Waals surface area contributed by atoms with Gasteiger partial charge in [0.05, 0.1) is 0 Å². The first-order valence-corrected chi connectivity index (χ1v) is 8.18. The topological polar surface area (TPSA) is 46.6 Å². The highest BCUT2D eigenvalue weighted by molar-refractivity contribution is 5.68. The molecule has 4 heteroatoms. The standard InChI is InChI=1S/C17H29NO3/c1-11(2)14-13(10-19)15(14)12-6-8-18(9-7-12)16(20)21-17(3,4)5/h10-15H,6-9H2,1-5H3/t13-,14-,15+/m1/s1. The summed E-state index contributed by atoms with van der Waals surface area (Å²) in [5.74, 6) is 2.52. The molecule has 1 saturated carbocycles. The van der Waals surface area contributed by atoms with Gasteiger partial charge in [0.2, 0.25) is 0 Å². The maximum Gasteiger partial charge on any atom is 0.410 e. The number of likely N-dealkylation sites (tertiary alicyclic amines) is 1. The molecule has 1 aliphatic heterocycles. The number of hydrogen-bond donors (Lipinski definition) is 0. The fourth-order valence-electron chi connectivity index (χ4n) is 3.88. The van der Waals surface area contributed by atoms with Crippen LogP contribution in [0.15, 0.2) is 0 Å². The molecular weight excluding hydrogens is 266 g/mol. The van der Waals surface area contributed by atoms with E-state index in [1.54, 1.807) is 0 Å². The van der Waals surface area contributed by atoms with Gasteiger partial charge in [-0.25, -0.2) is 4.79 Å². The van der Waals surface area contributed by atoms with E-state index in [2.05, 4.69) is 13.8 Å². The van der Waals surface area contributed by atoms with Gasteiger partial charge in [-0.2, -0.15) is 0 Å². The zero-order chi connectivity index (χ0) is 15.8. The van der Waals surface area contributed by atoms with Gasteiger partial charge >= 0.3 is 6.09 Å². The number of piperidine rings is 1. The second-order valence-corrected chi connectivity index (χ2v) is 7.92. The Morgan fingerprint density at radius 2 is 1.81 bits per heavy atom. The fourth-order valence-corrected chi connectivity index (χ4v) is 3.88. The molecule has 1 aliphatic carbocycles. The highest BCUT2D eigenvalue weighted by atomic mass is 16.6. The monoisotopic (exact) mass is 295 g/mol. The Morgan fingerprint density at radius 3 is 2.19 bits per heavy atom. The Labute approximate surface area is 128 Å². The van der Waals surface area contributed by atoms with E-state index in [0.29, 0.717) is 23.7 Å². The van der Waals surface area contributed by atoms with Crippen molar-refractivity contribution < 1.29 is 14.3 Å². The van der Waals surface area contributed by atoms with Crippen LogP contribution in [0.25, 0.3) is 0 Å². The second kappa shape index (κ2) is 5.98. The molecule has 1 saturated heterocycles. The number of ether oxygens (including phenoxy) is 1. The minimum atomic E-state index is -0.435. The molecule has 0 bridgehead atoms. The van der Waals surface area contributed by atoms with Gasteiger partial charge in [0.25, 0.3) is 0 Å². The molecule has 0 aromatic rings. The van der Waals surface area contributed by atoms with Crippen molar-refractivity contribution in [3.05, 3.63) is 0 Å². The second-order valence-electron chi connectivity index (χ2n) is 7.92. The molecule has 1 amide bonds. The lowest BCUT2D eigenvalue weighted by Crippen LogP contribution is -2.42. The largest absolute Gasteiger partial charge is 0.444 e. The van der Waals surface area contributed by atoms with E-state index in [1.165, 1.54) is 0 Å². The maximum absolute atomic E-state index is 12.0. The van der Waals surface area contributed by atoms with Gasteiger partial charge in [-0.1, -0.05) is 13.8 Å². The number of rotatable bonds is 3. The number of hydrogen-bond acceptors (Lipinski definition) is 3. The van der Waals surface area contributed by atoms with Gasteiger partial charge in [-0.3, -0.25) is 0 Å². The smallest absolute Gasteiger partial charge is 0.410 e. The van der Waals surface area contributed by atoms with E-state index in [0.717, 1.165) is 32.2 Å². The molecule has 3 atom stereocenters. The summed E-state index contributed by atoms with van der Waals surface area (Å²) >= 11 is 0. The molecule has 0 N–H and O–H groups in total. The predicted molar refractivity (Wildman–Crippen MR) is 81.9 cm³/mol. The minimum Gasteiger partial charge on any atom is -0.444 e. The van der Waals surface area contributed by atoms with Gasteiger partial charge in [0, 0.05) is 19.0 Å². The molecule has 1 heterocycles. The lowest BCUT2D eigenvalue weighted by Gasteiger charge is -2.34. The van der Waals surface area contributed by atoms with Crippen LogP contribution in [0, 0.1) is 29.6 Å². The summed E-state index contributed by atoms with van der Waals surface area (Å²) in [5.41, 5.74) is -0.435. The molecular formula is C17H29NO3. The number of aldehydes is 1. The summed E-state index contributed by atoms with van der Waals surface area (Å²) in [5, 5.41) is 0. The first-order chi connectivity index (χ1) is 9.74. The Kier molecular flexibility index (Phi) is 4.64. The van der Waals surface area contributed by atoms with Crippen LogP contribution in [0.1, 0.15) is 47.5 Å². The molecule has 2 rings (SSSR count). The van der Waals surface area contributed by atoms with Gasteiger partial charge < -0.3 is 14.4 Å². The Balaban J connectivity index is 1.84. The Bertz CT molecular complexity index is 391. The zero-order valence-corrected chi connectivity index (χ0v) is 14.0. The quantitative estimate of drug-likeness (QED) is 0.750. The van der Waals surface area contributed by atoms with Crippen LogP contribution in [0.3, 0.4) is 0 Å². The van der Waals surface area contributed by atoms with Crippen molar-refractivity contribution in [3.63, 3.8) is 0 Å². The molecule has 4 nitrogen and oxygen atoms in total. The van der Waals surface area contributed by atoms with Crippen molar-refractivity contribution in [1.29, 1.82) is 0 Å². The summed E-state index contributed by atoms with van der Waals surface area (Å²) in [6.07, 6.45) is 2.94. The van der Waals surface area contributed by atoms with Crippen LogP contribution in [-0.2, 0) is 9.53 Å². The zero-order valence-electron chi connectivity index (χ0n) is 14.0. The summed E-state index contributed by atoms with van der Waals surface area (Å²) in [7, 11) is 0. The Hall–Kier alpha value is -1.06. The highest BCUT2D eigenvalue weighted by Crippen LogP contribution is 2.56. The molecule has 2 aliphatic rings. The first-order valence-electron chi connectivity index (χ1n) is 8.18. The SMILES string of the molecule is CC(C)[C@@H]1[C@@H](C=O)[C@@H]1C1CCN(C(=O)OC(C)(C)C)CC1. The van der Waals surface area contributed by atoms with E-state index < -0.39 is 5.60 Å². The fraction of sp³-hybridized carbons (Fsp3) is 0.882. The van der Waals surface area contributed by atoms with Crippen molar-refractivity contribution in [2.75, 3.05) is 13.1 Å². The van der Waals surface area contributed by atoms with Crippen molar-refractivity contribution in [1.82, 2.24) is 4.90 Å². The predicted octanol–water partition coefficient (Wildman–Crippen LogP) is 3.35.